The number of nitrogens with zero attached hydrogens (tertiary/aromatic N) is 2. The summed E-state index contributed by atoms with van der Waals surface area (Å²) in [7, 11) is 1.31. The number of pyridine rings is 1. The Morgan fingerprint density at radius 3 is 2.29 bits per heavy atom. The van der Waals surface area contributed by atoms with Crippen LogP contribution in [0.15, 0.2) is 65.6 Å². The molecule has 9 nitrogen and oxygen atoms in total. The maximum atomic E-state index is 13.0. The molecule has 0 unspecified atom stereocenters. The maximum Gasteiger partial charge on any atom is 0.319 e. The highest BCUT2D eigenvalue weighted by atomic mass is 35.5. The first-order valence-electron chi connectivity index (χ1n) is 10.8. The van der Waals surface area contributed by atoms with Gasteiger partial charge in [-0.05, 0) is 42.5 Å². The van der Waals surface area contributed by atoms with Gasteiger partial charge in [-0.25, -0.2) is 0 Å². The number of esters is 1. The van der Waals surface area contributed by atoms with E-state index < -0.39 is 18.1 Å². The van der Waals surface area contributed by atoms with Gasteiger partial charge in [0.15, 0.2) is 0 Å². The van der Waals surface area contributed by atoms with Gasteiger partial charge in [-0.1, -0.05) is 17.7 Å². The predicted molar refractivity (Wildman–Crippen MR) is 132 cm³/mol. The number of ether oxygens (including phenoxy) is 1. The molecule has 1 aliphatic heterocycles. The molecular formula is C24H23ClN4O5S. The highest BCUT2D eigenvalue weighted by Crippen LogP contribution is 2.22. The molecule has 2 atom stereocenters. The number of nitrogens with one attached hydrogen (secondary N) is 2. The van der Waals surface area contributed by atoms with Crippen LogP contribution in [-0.4, -0.2) is 66.1 Å². The van der Waals surface area contributed by atoms with E-state index in [1.165, 1.54) is 17.7 Å². The van der Waals surface area contributed by atoms with Crippen molar-refractivity contribution in [2.24, 2.45) is 0 Å². The summed E-state index contributed by atoms with van der Waals surface area (Å²) in [6.07, 6.45) is 1.65. The summed E-state index contributed by atoms with van der Waals surface area (Å²) < 4.78 is 6.73. The number of methoxy groups -OCH3 is 1. The van der Waals surface area contributed by atoms with Crippen molar-refractivity contribution < 1.29 is 19.1 Å². The Hall–Kier alpha value is -3.47. The van der Waals surface area contributed by atoms with E-state index >= 15 is 0 Å². The number of thiophene rings is 1. The molecule has 0 bridgehead atoms. The molecule has 1 aromatic carbocycles. The number of rotatable bonds is 7. The van der Waals surface area contributed by atoms with Crippen LogP contribution in [0.3, 0.4) is 0 Å². The fraction of sp³-hybridized carbons (Fsp3) is 0.250. The topological polar surface area (TPSA) is 110 Å². The van der Waals surface area contributed by atoms with Crippen LogP contribution >= 0.6 is 22.9 Å². The van der Waals surface area contributed by atoms with Gasteiger partial charge in [0.2, 0.25) is 0 Å². The fourth-order valence-electron chi connectivity index (χ4n) is 3.90. The second-order valence-electron chi connectivity index (χ2n) is 7.99. The average Bonchev–Trinajstić information content (AvgIpc) is 3.45. The van der Waals surface area contributed by atoms with E-state index in [0.717, 1.165) is 11.3 Å². The molecule has 1 fully saturated rings. The van der Waals surface area contributed by atoms with E-state index in [-0.39, 0.29) is 23.9 Å². The minimum atomic E-state index is -0.442. The van der Waals surface area contributed by atoms with E-state index in [2.05, 4.69) is 10.6 Å². The number of carbonyl (C=O) groups is 3. The van der Waals surface area contributed by atoms with Crippen molar-refractivity contribution in [2.45, 2.75) is 12.1 Å². The first-order valence-corrected chi connectivity index (χ1v) is 12.0. The third kappa shape index (κ3) is 5.97. The molecule has 1 aliphatic rings. The van der Waals surface area contributed by atoms with Crippen LogP contribution in [0.2, 0.25) is 4.34 Å². The number of hydrogen-bond acceptors (Lipinski definition) is 7. The van der Waals surface area contributed by atoms with Crippen LogP contribution in [0.25, 0.3) is 5.69 Å². The minimum absolute atomic E-state index is 0.0423. The summed E-state index contributed by atoms with van der Waals surface area (Å²) >= 11 is 7.11. The van der Waals surface area contributed by atoms with Gasteiger partial charge in [-0.3, -0.25) is 28.6 Å². The lowest BCUT2D eigenvalue weighted by molar-refractivity contribution is -0.141. The largest absolute Gasteiger partial charge is 0.468 e. The molecule has 2 N–H and O–H groups in total. The molecule has 0 saturated carbocycles. The summed E-state index contributed by atoms with van der Waals surface area (Å²) in [5.74, 6) is -1.04. The van der Waals surface area contributed by atoms with Gasteiger partial charge in [0.1, 0.15) is 0 Å². The zero-order valence-electron chi connectivity index (χ0n) is 18.8. The van der Waals surface area contributed by atoms with Gasteiger partial charge in [-0.15, -0.1) is 11.3 Å². The molecule has 182 valence electrons. The van der Waals surface area contributed by atoms with Crippen molar-refractivity contribution in [1.82, 2.24) is 20.1 Å². The molecule has 3 aromatic rings. The molecule has 1 saturated heterocycles. The summed E-state index contributed by atoms with van der Waals surface area (Å²) in [5, 5.41) is 5.90. The number of benzene rings is 1. The molecule has 2 aromatic heterocycles. The van der Waals surface area contributed by atoms with Crippen LogP contribution in [0.1, 0.15) is 20.0 Å². The Morgan fingerprint density at radius 1 is 1.00 bits per heavy atom. The average molecular weight is 515 g/mol. The first kappa shape index (κ1) is 24.6. The van der Waals surface area contributed by atoms with E-state index in [1.54, 1.807) is 54.7 Å². The fourth-order valence-corrected chi connectivity index (χ4v) is 4.84. The Balaban J connectivity index is 1.47. The van der Waals surface area contributed by atoms with Gasteiger partial charge >= 0.3 is 5.97 Å². The molecular weight excluding hydrogens is 492 g/mol. The van der Waals surface area contributed by atoms with Crippen LogP contribution < -0.4 is 16.2 Å². The number of likely N-dealkylation sites (tertiary alicyclic amines) is 1. The van der Waals surface area contributed by atoms with Gasteiger partial charge in [0, 0.05) is 36.6 Å². The van der Waals surface area contributed by atoms with Gasteiger partial charge < -0.3 is 15.4 Å². The standard InChI is InChI=1S/C24H23ClN4O5S/c1-34-22(31)14-28-12-17(18(13-28)27-24(33)19-9-10-20(25)35-19)26-23(32)15-5-7-16(8-6-15)29-11-3-2-4-21(29)30/h2-11,17-18H,12-14H2,1H3,(H,26,32)(H,27,33)/t17-,18+/m0/s1. The van der Waals surface area contributed by atoms with E-state index in [1.807, 2.05) is 4.90 Å². The zero-order chi connectivity index (χ0) is 24.9. The summed E-state index contributed by atoms with van der Waals surface area (Å²) in [6, 6.07) is 13.9. The van der Waals surface area contributed by atoms with Gasteiger partial charge in [0.05, 0.1) is 35.0 Å². The Morgan fingerprint density at radius 2 is 1.69 bits per heavy atom. The highest BCUT2D eigenvalue weighted by molar-refractivity contribution is 7.18. The van der Waals surface area contributed by atoms with Crippen molar-refractivity contribution in [1.29, 1.82) is 0 Å². The van der Waals surface area contributed by atoms with Crippen LogP contribution in [0.5, 0.6) is 0 Å². The van der Waals surface area contributed by atoms with Crippen molar-refractivity contribution in [3.05, 3.63) is 85.9 Å². The number of halogens is 1. The highest BCUT2D eigenvalue weighted by Gasteiger charge is 2.36. The quantitative estimate of drug-likeness (QED) is 0.466. The van der Waals surface area contributed by atoms with Crippen LogP contribution in [-0.2, 0) is 9.53 Å². The lowest BCUT2D eigenvalue weighted by Gasteiger charge is -2.21. The van der Waals surface area contributed by atoms with E-state index in [0.29, 0.717) is 33.6 Å². The van der Waals surface area contributed by atoms with Crippen molar-refractivity contribution in [2.75, 3.05) is 26.7 Å². The molecule has 11 heteroatoms. The SMILES string of the molecule is COC(=O)CN1C[C@H](NC(=O)c2ccc(-n3ccccc3=O)cc2)[C@H](NC(=O)c2ccc(Cl)s2)C1. The van der Waals surface area contributed by atoms with E-state index in [4.69, 9.17) is 16.3 Å². The minimum Gasteiger partial charge on any atom is -0.468 e. The summed E-state index contributed by atoms with van der Waals surface area (Å²) in [6.45, 7) is 0.760. The van der Waals surface area contributed by atoms with Gasteiger partial charge in [0.25, 0.3) is 17.4 Å². The Bertz CT molecular complexity index is 1290. The first-order chi connectivity index (χ1) is 16.8. The zero-order valence-corrected chi connectivity index (χ0v) is 20.3. The van der Waals surface area contributed by atoms with Crippen molar-refractivity contribution in [3.63, 3.8) is 0 Å². The number of amides is 2. The molecule has 2 amide bonds. The molecule has 4 rings (SSSR count). The predicted octanol–water partition coefficient (Wildman–Crippen LogP) is 1.94. The normalized spacial score (nSPS) is 17.7. The molecule has 0 radical (unpaired) electrons. The summed E-state index contributed by atoms with van der Waals surface area (Å²) in [4.78, 5) is 51.7. The van der Waals surface area contributed by atoms with E-state index in [9.17, 15) is 19.2 Å². The van der Waals surface area contributed by atoms with Crippen LogP contribution in [0.4, 0.5) is 0 Å². The number of hydrogen-bond donors (Lipinski definition) is 2. The van der Waals surface area contributed by atoms with Gasteiger partial charge in [-0.2, -0.15) is 0 Å². The monoisotopic (exact) mass is 514 g/mol. The van der Waals surface area contributed by atoms with Crippen molar-refractivity contribution >= 4 is 40.7 Å². The van der Waals surface area contributed by atoms with Crippen molar-refractivity contribution in [3.8, 4) is 5.69 Å². The molecule has 0 spiro atoms. The second-order valence-corrected chi connectivity index (χ2v) is 9.70. The summed E-state index contributed by atoms with van der Waals surface area (Å²) in [5.41, 5.74) is 0.864. The Labute approximate surface area is 210 Å². The number of aromatic nitrogens is 1. The third-order valence-electron chi connectivity index (χ3n) is 5.64. The molecule has 0 aliphatic carbocycles. The molecule has 35 heavy (non-hydrogen) atoms. The van der Waals surface area contributed by atoms with Crippen LogP contribution in [0, 0.1) is 0 Å². The Kier molecular flexibility index (Phi) is 7.64. The maximum absolute atomic E-state index is 13.0. The third-order valence-corrected chi connectivity index (χ3v) is 6.87. The second kappa shape index (κ2) is 10.9. The number of carbonyl (C=O) groups excluding carboxylic acids is 3. The lowest BCUT2D eigenvalue weighted by Crippen LogP contribution is -2.50. The smallest absolute Gasteiger partial charge is 0.319 e. The molecule has 3 heterocycles. The lowest BCUT2D eigenvalue weighted by atomic mass is 10.1.